The minimum atomic E-state index is -0.154. The average Bonchev–Trinajstić information content (AvgIpc) is 3.23. The van der Waals surface area contributed by atoms with Crippen LogP contribution in [0.15, 0.2) is 170 Å². The summed E-state index contributed by atoms with van der Waals surface area (Å²) in [5.41, 5.74) is 15.8. The highest BCUT2D eigenvalue weighted by molar-refractivity contribution is 7.01. The smallest absolute Gasteiger partial charge is 0.262 e. The Bertz CT molecular complexity index is 2910. The molecule has 0 fully saturated rings. The van der Waals surface area contributed by atoms with Gasteiger partial charge in [0.25, 0.3) is 6.71 Å². The number of rotatable bonds is 6. The van der Waals surface area contributed by atoms with Crippen LogP contribution in [0.25, 0.3) is 21.5 Å². The molecule has 2 heterocycles. The van der Waals surface area contributed by atoms with Crippen LogP contribution in [0.2, 0.25) is 0 Å². The molecule has 0 atom stereocenters. The number of anilines is 6. The van der Waals surface area contributed by atoms with Crippen molar-refractivity contribution in [3.63, 3.8) is 0 Å². The lowest BCUT2D eigenvalue weighted by molar-refractivity contribution is 0.464. The zero-order chi connectivity index (χ0) is 40.6. The molecule has 2 aliphatic rings. The van der Waals surface area contributed by atoms with Crippen molar-refractivity contribution in [3.8, 4) is 23.0 Å². The third-order valence-electron chi connectivity index (χ3n) is 12.1. The van der Waals surface area contributed by atoms with Crippen LogP contribution < -0.4 is 35.7 Å². The van der Waals surface area contributed by atoms with E-state index in [0.29, 0.717) is 0 Å². The molecule has 60 heavy (non-hydrogen) atoms. The van der Waals surface area contributed by atoms with Crippen molar-refractivity contribution in [1.82, 2.24) is 0 Å². The van der Waals surface area contributed by atoms with Crippen molar-refractivity contribution < 1.29 is 9.47 Å². The van der Waals surface area contributed by atoms with Crippen molar-refractivity contribution in [2.45, 2.75) is 34.6 Å². The fourth-order valence-electron chi connectivity index (χ4n) is 9.62. The van der Waals surface area contributed by atoms with Crippen LogP contribution in [0.1, 0.15) is 27.8 Å². The summed E-state index contributed by atoms with van der Waals surface area (Å²) in [5, 5.41) is 4.61. The molecule has 0 amide bonds. The van der Waals surface area contributed by atoms with Gasteiger partial charge in [0.15, 0.2) is 0 Å². The van der Waals surface area contributed by atoms with Gasteiger partial charge in [0.1, 0.15) is 23.0 Å². The number of fused-ring (bicyclic) bond motifs is 8. The first-order chi connectivity index (χ1) is 29.3. The van der Waals surface area contributed by atoms with Crippen molar-refractivity contribution in [1.29, 1.82) is 0 Å². The molecule has 0 N–H and O–H groups in total. The molecule has 0 aromatic heterocycles. The summed E-state index contributed by atoms with van der Waals surface area (Å²) in [4.78, 5) is 4.77. The minimum absolute atomic E-state index is 0.154. The summed E-state index contributed by atoms with van der Waals surface area (Å²) >= 11 is 0. The summed E-state index contributed by atoms with van der Waals surface area (Å²) in [6, 6.07) is 61.6. The molecule has 5 heteroatoms. The van der Waals surface area contributed by atoms with Crippen LogP contribution in [0, 0.1) is 34.6 Å². The number of nitrogens with zero attached hydrogens (tertiary/aromatic N) is 2. The molecule has 0 bridgehead atoms. The highest BCUT2D eigenvalue weighted by Gasteiger charge is 2.43. The first-order valence-corrected chi connectivity index (χ1v) is 20.8. The first-order valence-electron chi connectivity index (χ1n) is 20.8. The molecule has 2 aliphatic heterocycles. The normalized spacial score (nSPS) is 12.3. The molecule has 9 aromatic carbocycles. The van der Waals surface area contributed by atoms with E-state index in [-0.39, 0.29) is 6.71 Å². The van der Waals surface area contributed by atoms with E-state index in [4.69, 9.17) is 9.47 Å². The number of ether oxygens (including phenoxy) is 2. The van der Waals surface area contributed by atoms with Gasteiger partial charge in [0.2, 0.25) is 0 Å². The summed E-state index contributed by atoms with van der Waals surface area (Å²) in [6.07, 6.45) is 0. The quantitative estimate of drug-likeness (QED) is 0.157. The maximum atomic E-state index is 7.14. The van der Waals surface area contributed by atoms with Gasteiger partial charge in [-0.2, -0.15) is 0 Å². The van der Waals surface area contributed by atoms with Crippen molar-refractivity contribution in [2.75, 3.05) is 9.80 Å². The summed E-state index contributed by atoms with van der Waals surface area (Å²) in [6.45, 7) is 10.6. The summed E-state index contributed by atoms with van der Waals surface area (Å²) in [5.74, 6) is 3.37. The molecule has 11 rings (SSSR count). The summed E-state index contributed by atoms with van der Waals surface area (Å²) in [7, 11) is 0. The van der Waals surface area contributed by atoms with Crippen molar-refractivity contribution in [2.24, 2.45) is 0 Å². The monoisotopic (exact) mass is 774 g/mol. The maximum absolute atomic E-state index is 7.14. The Morgan fingerprint density at radius 1 is 0.317 bits per heavy atom. The van der Waals surface area contributed by atoms with Crippen LogP contribution >= 0.6 is 0 Å². The third kappa shape index (κ3) is 5.84. The highest BCUT2D eigenvalue weighted by Crippen LogP contribution is 2.47. The van der Waals surface area contributed by atoms with Gasteiger partial charge in [0, 0.05) is 51.1 Å². The fraction of sp³-hybridized carbons (Fsp3) is 0.0909. The number of benzene rings is 9. The maximum Gasteiger partial charge on any atom is 0.262 e. The van der Waals surface area contributed by atoms with Gasteiger partial charge >= 0.3 is 0 Å². The second kappa shape index (κ2) is 14.0. The van der Waals surface area contributed by atoms with Crippen molar-refractivity contribution >= 4 is 78.8 Å². The topological polar surface area (TPSA) is 24.9 Å². The Balaban J connectivity index is 1.20. The van der Waals surface area contributed by atoms with Crippen LogP contribution in [0.3, 0.4) is 0 Å². The number of aryl methyl sites for hydroxylation is 5. The van der Waals surface area contributed by atoms with E-state index in [1.165, 1.54) is 22.3 Å². The molecule has 0 aliphatic carbocycles. The molecular formula is C55H43BN2O2. The predicted molar refractivity (Wildman–Crippen MR) is 252 cm³/mol. The Kier molecular flexibility index (Phi) is 8.35. The van der Waals surface area contributed by atoms with E-state index in [0.717, 1.165) is 101 Å². The molecular weight excluding hydrogens is 731 g/mol. The van der Waals surface area contributed by atoms with E-state index < -0.39 is 0 Å². The molecule has 0 spiro atoms. The van der Waals surface area contributed by atoms with Crippen LogP contribution in [0.5, 0.6) is 23.0 Å². The van der Waals surface area contributed by atoms with Gasteiger partial charge in [-0.15, -0.1) is 0 Å². The fourth-order valence-corrected chi connectivity index (χ4v) is 9.62. The second-order valence-electron chi connectivity index (χ2n) is 16.5. The highest BCUT2D eigenvalue weighted by atomic mass is 16.5. The molecule has 9 aromatic rings. The van der Waals surface area contributed by atoms with Gasteiger partial charge in [-0.25, -0.2) is 0 Å². The Labute approximate surface area is 352 Å². The van der Waals surface area contributed by atoms with Crippen molar-refractivity contribution in [3.05, 3.63) is 198 Å². The standard InChI is InChI=1S/C55H43BN2O2/c1-34-14-10-18-39(26-34)57(40-19-11-15-35(2)27-40)47-32-51-53(45-24-8-6-22-43(45)47)56-54-46-25-9-7-23-44(46)48(33-52(54)60-50-31-38(5)30-49(59-51)55(50)56)58(41-20-12-16-36(3)28-41)42-21-13-17-37(4)29-42/h6-33H,1-5H3. The number of hydrogen-bond donors (Lipinski definition) is 0. The molecule has 0 radical (unpaired) electrons. The third-order valence-corrected chi connectivity index (χ3v) is 12.1. The molecule has 4 nitrogen and oxygen atoms in total. The first kappa shape index (κ1) is 35.9. The van der Waals surface area contributed by atoms with Gasteiger partial charge < -0.3 is 19.3 Å². The SMILES string of the molecule is Cc1cccc(N(c2cccc(C)c2)c2cc3c(c4ccccc24)B2c4c(cc(C)cc4Oc4cc(N(c5cccc(C)c5)c5cccc(C)c5)c5ccccc5c42)O3)c1. The van der Waals surface area contributed by atoms with E-state index in [1.54, 1.807) is 0 Å². The predicted octanol–water partition coefficient (Wildman–Crippen LogP) is 13.2. The lowest BCUT2D eigenvalue weighted by Gasteiger charge is -2.37. The Hall–Kier alpha value is -7.24. The lowest BCUT2D eigenvalue weighted by Crippen LogP contribution is -2.58. The Morgan fingerprint density at radius 3 is 1.00 bits per heavy atom. The molecule has 0 saturated carbocycles. The van der Waals surface area contributed by atoms with Crippen LogP contribution in [0.4, 0.5) is 34.1 Å². The van der Waals surface area contributed by atoms with E-state index in [1.807, 2.05) is 0 Å². The minimum Gasteiger partial charge on any atom is -0.458 e. The van der Waals surface area contributed by atoms with Gasteiger partial charge in [-0.3, -0.25) is 0 Å². The largest absolute Gasteiger partial charge is 0.458 e. The van der Waals surface area contributed by atoms with Crippen LogP contribution in [-0.4, -0.2) is 6.71 Å². The average molecular weight is 775 g/mol. The number of hydrogen-bond acceptors (Lipinski definition) is 4. The van der Waals surface area contributed by atoms with Gasteiger partial charge in [-0.05, 0) is 145 Å². The molecule has 0 unspecified atom stereocenters. The van der Waals surface area contributed by atoms with E-state index >= 15 is 0 Å². The van der Waals surface area contributed by atoms with E-state index in [9.17, 15) is 0 Å². The van der Waals surface area contributed by atoms with Crippen LogP contribution in [-0.2, 0) is 0 Å². The molecule has 288 valence electrons. The lowest BCUT2D eigenvalue weighted by atomic mass is 9.33. The summed E-state index contributed by atoms with van der Waals surface area (Å²) < 4.78 is 14.3. The van der Waals surface area contributed by atoms with Gasteiger partial charge in [-0.1, -0.05) is 97.1 Å². The second-order valence-corrected chi connectivity index (χ2v) is 16.5. The zero-order valence-electron chi connectivity index (χ0n) is 34.5. The van der Waals surface area contributed by atoms with Gasteiger partial charge in [0.05, 0.1) is 11.4 Å². The Morgan fingerprint density at radius 2 is 0.650 bits per heavy atom. The zero-order valence-corrected chi connectivity index (χ0v) is 34.5. The van der Waals surface area contributed by atoms with E-state index in [2.05, 4.69) is 214 Å². The molecule has 0 saturated heterocycles.